The molecule has 0 unspecified atom stereocenters. The SMILES string of the molecule is Cc1nn(-c2ccccc2)c2sc(C(=O)N(CCC#N)Cc3ccco3)cc12. The van der Waals surface area contributed by atoms with Crippen LogP contribution in [0.1, 0.15) is 27.5 Å². The molecule has 0 N–H and O–H groups in total. The molecule has 0 atom stereocenters. The van der Waals surface area contributed by atoms with E-state index < -0.39 is 0 Å². The third-order valence-electron chi connectivity index (χ3n) is 4.46. The van der Waals surface area contributed by atoms with Gasteiger partial charge in [0.15, 0.2) is 0 Å². The smallest absolute Gasteiger partial charge is 0.264 e. The van der Waals surface area contributed by atoms with Gasteiger partial charge in [-0.1, -0.05) is 18.2 Å². The van der Waals surface area contributed by atoms with Gasteiger partial charge < -0.3 is 9.32 Å². The third kappa shape index (κ3) is 3.42. The van der Waals surface area contributed by atoms with Gasteiger partial charge in [0.2, 0.25) is 0 Å². The number of benzene rings is 1. The fraction of sp³-hybridized carbons (Fsp3) is 0.190. The van der Waals surface area contributed by atoms with Crippen LogP contribution in [0.2, 0.25) is 0 Å². The Morgan fingerprint density at radius 2 is 2.11 bits per heavy atom. The molecule has 0 aliphatic carbocycles. The fourth-order valence-electron chi connectivity index (χ4n) is 3.08. The number of para-hydroxylation sites is 1. The predicted octanol–water partition coefficient (Wildman–Crippen LogP) is 4.54. The molecule has 6 nitrogen and oxygen atoms in total. The van der Waals surface area contributed by atoms with Crippen molar-refractivity contribution in [3.63, 3.8) is 0 Å². The van der Waals surface area contributed by atoms with E-state index in [9.17, 15) is 4.79 Å². The van der Waals surface area contributed by atoms with Gasteiger partial charge in [-0.15, -0.1) is 11.3 Å². The number of aromatic nitrogens is 2. The molecule has 4 aromatic rings. The lowest BCUT2D eigenvalue weighted by molar-refractivity contribution is 0.0740. The number of carbonyl (C=O) groups is 1. The monoisotopic (exact) mass is 390 g/mol. The second-order valence-corrected chi connectivity index (χ2v) is 7.41. The van der Waals surface area contributed by atoms with Crippen LogP contribution >= 0.6 is 11.3 Å². The lowest BCUT2D eigenvalue weighted by Crippen LogP contribution is -2.30. The summed E-state index contributed by atoms with van der Waals surface area (Å²) in [6.07, 6.45) is 1.85. The van der Waals surface area contributed by atoms with Gasteiger partial charge in [-0.05, 0) is 37.3 Å². The molecule has 0 aliphatic rings. The molecule has 0 saturated heterocycles. The summed E-state index contributed by atoms with van der Waals surface area (Å²) in [4.78, 5) is 16.4. The molecule has 0 aliphatic heterocycles. The van der Waals surface area contributed by atoms with Crippen molar-refractivity contribution in [2.45, 2.75) is 19.9 Å². The minimum absolute atomic E-state index is 0.105. The van der Waals surface area contributed by atoms with E-state index in [0.717, 1.165) is 21.6 Å². The van der Waals surface area contributed by atoms with Crippen LogP contribution < -0.4 is 0 Å². The number of rotatable bonds is 6. The van der Waals surface area contributed by atoms with Crippen LogP contribution in [0.25, 0.3) is 15.9 Å². The van der Waals surface area contributed by atoms with Gasteiger partial charge in [0, 0.05) is 11.9 Å². The van der Waals surface area contributed by atoms with E-state index in [1.807, 2.05) is 54.1 Å². The standard InChI is InChI=1S/C21H18N4O2S/c1-15-18-13-19(28-21(18)25(23-15)16-7-3-2-4-8-16)20(26)24(11-6-10-22)14-17-9-5-12-27-17/h2-5,7-9,12-13H,6,11,14H2,1H3. The maximum Gasteiger partial charge on any atom is 0.264 e. The summed E-state index contributed by atoms with van der Waals surface area (Å²) in [6, 6.07) is 17.5. The molecule has 3 aromatic heterocycles. The zero-order chi connectivity index (χ0) is 19.5. The van der Waals surface area contributed by atoms with Gasteiger partial charge in [0.25, 0.3) is 5.91 Å². The zero-order valence-corrected chi connectivity index (χ0v) is 16.1. The molecule has 140 valence electrons. The Bertz CT molecular complexity index is 1140. The summed E-state index contributed by atoms with van der Waals surface area (Å²) in [6.45, 7) is 2.64. The average molecular weight is 390 g/mol. The lowest BCUT2D eigenvalue weighted by atomic mass is 10.2. The highest BCUT2D eigenvalue weighted by Gasteiger charge is 2.22. The predicted molar refractivity (Wildman–Crippen MR) is 107 cm³/mol. The molecule has 0 spiro atoms. The van der Waals surface area contributed by atoms with E-state index in [-0.39, 0.29) is 12.3 Å². The molecule has 28 heavy (non-hydrogen) atoms. The van der Waals surface area contributed by atoms with Gasteiger partial charge in [0.05, 0.1) is 41.6 Å². The number of hydrogen-bond acceptors (Lipinski definition) is 5. The highest BCUT2D eigenvalue weighted by Crippen LogP contribution is 2.31. The zero-order valence-electron chi connectivity index (χ0n) is 15.3. The summed E-state index contributed by atoms with van der Waals surface area (Å²) < 4.78 is 7.26. The Balaban J connectivity index is 1.69. The lowest BCUT2D eigenvalue weighted by Gasteiger charge is -2.19. The quantitative estimate of drug-likeness (QED) is 0.484. The number of amides is 1. The summed E-state index contributed by atoms with van der Waals surface area (Å²) in [5.41, 5.74) is 1.84. The Morgan fingerprint density at radius 3 is 2.82 bits per heavy atom. The van der Waals surface area contributed by atoms with Crippen molar-refractivity contribution < 1.29 is 9.21 Å². The van der Waals surface area contributed by atoms with Gasteiger partial charge in [0.1, 0.15) is 10.6 Å². The van der Waals surface area contributed by atoms with Crippen LogP contribution in [0, 0.1) is 18.3 Å². The van der Waals surface area contributed by atoms with Crippen LogP contribution in [0.15, 0.2) is 59.2 Å². The average Bonchev–Trinajstić information content (AvgIpc) is 3.44. The Morgan fingerprint density at radius 1 is 1.29 bits per heavy atom. The molecule has 0 saturated carbocycles. The van der Waals surface area contributed by atoms with Crippen LogP contribution in [-0.2, 0) is 6.54 Å². The number of nitrogens with zero attached hydrogens (tertiary/aromatic N) is 4. The number of furan rings is 1. The van der Waals surface area contributed by atoms with Crippen molar-refractivity contribution in [3.8, 4) is 11.8 Å². The second-order valence-electron chi connectivity index (χ2n) is 6.38. The minimum Gasteiger partial charge on any atom is -0.467 e. The summed E-state index contributed by atoms with van der Waals surface area (Å²) in [7, 11) is 0. The van der Waals surface area contributed by atoms with E-state index in [4.69, 9.17) is 9.68 Å². The summed E-state index contributed by atoms with van der Waals surface area (Å²) >= 11 is 1.42. The maximum absolute atomic E-state index is 13.2. The Kier molecular flexibility index (Phi) is 4.96. The highest BCUT2D eigenvalue weighted by molar-refractivity contribution is 7.20. The first-order valence-corrected chi connectivity index (χ1v) is 9.72. The molecule has 1 amide bonds. The molecule has 0 bridgehead atoms. The van der Waals surface area contributed by atoms with Crippen molar-refractivity contribution in [1.82, 2.24) is 14.7 Å². The fourth-order valence-corrected chi connectivity index (χ4v) is 4.23. The van der Waals surface area contributed by atoms with Gasteiger partial charge in [-0.3, -0.25) is 4.79 Å². The van der Waals surface area contributed by atoms with Crippen LogP contribution in [-0.4, -0.2) is 27.1 Å². The van der Waals surface area contributed by atoms with Gasteiger partial charge >= 0.3 is 0 Å². The van der Waals surface area contributed by atoms with E-state index in [1.54, 1.807) is 17.2 Å². The number of nitriles is 1. The van der Waals surface area contributed by atoms with E-state index in [2.05, 4.69) is 11.2 Å². The van der Waals surface area contributed by atoms with Crippen molar-refractivity contribution in [2.75, 3.05) is 6.54 Å². The largest absolute Gasteiger partial charge is 0.467 e. The topological polar surface area (TPSA) is 75.1 Å². The first-order chi connectivity index (χ1) is 13.7. The summed E-state index contributed by atoms with van der Waals surface area (Å²) in [5, 5.41) is 14.5. The number of fused-ring (bicyclic) bond motifs is 1. The molecular weight excluding hydrogens is 372 g/mol. The van der Waals surface area contributed by atoms with Crippen LogP contribution in [0.3, 0.4) is 0 Å². The molecule has 4 rings (SSSR count). The van der Waals surface area contributed by atoms with Gasteiger partial charge in [-0.25, -0.2) is 4.68 Å². The Hall–Kier alpha value is -3.37. The van der Waals surface area contributed by atoms with Crippen LogP contribution in [0.4, 0.5) is 0 Å². The third-order valence-corrected chi connectivity index (χ3v) is 5.56. The van der Waals surface area contributed by atoms with Gasteiger partial charge in [-0.2, -0.15) is 10.4 Å². The highest BCUT2D eigenvalue weighted by atomic mass is 32.1. The van der Waals surface area contributed by atoms with E-state index >= 15 is 0 Å². The van der Waals surface area contributed by atoms with Crippen molar-refractivity contribution in [2.24, 2.45) is 0 Å². The molecular formula is C21H18N4O2S. The van der Waals surface area contributed by atoms with E-state index in [0.29, 0.717) is 23.7 Å². The molecule has 7 heteroatoms. The molecule has 1 aromatic carbocycles. The van der Waals surface area contributed by atoms with E-state index in [1.165, 1.54) is 11.3 Å². The first kappa shape index (κ1) is 18.0. The normalized spacial score (nSPS) is 10.9. The molecule has 0 fully saturated rings. The van der Waals surface area contributed by atoms with Crippen molar-refractivity contribution >= 4 is 27.5 Å². The summed E-state index contributed by atoms with van der Waals surface area (Å²) in [5.74, 6) is 0.589. The second kappa shape index (κ2) is 7.71. The van der Waals surface area contributed by atoms with Crippen LogP contribution in [0.5, 0.6) is 0 Å². The Labute approximate surface area is 166 Å². The number of aryl methyl sites for hydroxylation is 1. The molecule has 0 radical (unpaired) electrons. The first-order valence-electron chi connectivity index (χ1n) is 8.90. The van der Waals surface area contributed by atoms with Crippen molar-refractivity contribution in [1.29, 1.82) is 5.26 Å². The minimum atomic E-state index is -0.105. The number of hydrogen-bond donors (Lipinski definition) is 0. The number of carbonyl (C=O) groups excluding carboxylic acids is 1. The number of thiophene rings is 1. The molecule has 3 heterocycles. The maximum atomic E-state index is 13.2. The van der Waals surface area contributed by atoms with Crippen molar-refractivity contribution in [3.05, 3.63) is 71.1 Å².